The first kappa shape index (κ1) is 12.4. The average Bonchev–Trinajstić information content (AvgIpc) is 2.38. The molecule has 1 aliphatic heterocycles. The molecule has 0 bridgehead atoms. The SMILES string of the molecule is CN1CCCC[C@@H]1[C@@H](O)COc1ccccc1. The second-order valence-corrected chi connectivity index (χ2v) is 4.74. The topological polar surface area (TPSA) is 32.7 Å². The Labute approximate surface area is 103 Å². The average molecular weight is 235 g/mol. The highest BCUT2D eigenvalue weighted by Crippen LogP contribution is 2.19. The van der Waals surface area contributed by atoms with Crippen molar-refractivity contribution < 1.29 is 9.84 Å². The maximum atomic E-state index is 10.1. The Balaban J connectivity index is 1.82. The molecule has 2 atom stereocenters. The zero-order chi connectivity index (χ0) is 12.1. The molecule has 1 aliphatic rings. The lowest BCUT2D eigenvalue weighted by Gasteiger charge is -2.35. The highest BCUT2D eigenvalue weighted by molar-refractivity contribution is 5.20. The van der Waals surface area contributed by atoms with E-state index in [1.807, 2.05) is 30.3 Å². The Bertz CT molecular complexity index is 328. The van der Waals surface area contributed by atoms with Gasteiger partial charge in [-0.15, -0.1) is 0 Å². The molecule has 1 N–H and O–H groups in total. The monoisotopic (exact) mass is 235 g/mol. The Morgan fingerprint density at radius 2 is 2.12 bits per heavy atom. The summed E-state index contributed by atoms with van der Waals surface area (Å²) in [5.41, 5.74) is 0. The highest BCUT2D eigenvalue weighted by atomic mass is 16.5. The van der Waals surface area contributed by atoms with Gasteiger partial charge in [-0.05, 0) is 38.6 Å². The summed E-state index contributed by atoms with van der Waals surface area (Å²) in [6.07, 6.45) is 3.10. The van der Waals surface area contributed by atoms with Gasteiger partial charge in [0.25, 0.3) is 0 Å². The molecule has 0 spiro atoms. The van der Waals surface area contributed by atoms with Gasteiger partial charge in [-0.1, -0.05) is 24.6 Å². The summed E-state index contributed by atoms with van der Waals surface area (Å²) in [6, 6.07) is 9.91. The molecule has 0 saturated carbocycles. The fraction of sp³-hybridized carbons (Fsp3) is 0.571. The normalized spacial score (nSPS) is 23.3. The van der Waals surface area contributed by atoms with Gasteiger partial charge in [0.15, 0.2) is 0 Å². The van der Waals surface area contributed by atoms with Crippen molar-refractivity contribution in [3.8, 4) is 5.75 Å². The number of hydrogen-bond donors (Lipinski definition) is 1. The fourth-order valence-corrected chi connectivity index (χ4v) is 2.40. The third-order valence-corrected chi connectivity index (χ3v) is 3.43. The van der Waals surface area contributed by atoms with Gasteiger partial charge in [-0.2, -0.15) is 0 Å². The Morgan fingerprint density at radius 1 is 1.35 bits per heavy atom. The van der Waals surface area contributed by atoms with Crippen LogP contribution in [0.5, 0.6) is 5.75 Å². The predicted octanol–water partition coefficient (Wildman–Crippen LogP) is 1.91. The molecule has 0 amide bonds. The number of aliphatic hydroxyl groups is 1. The summed E-state index contributed by atoms with van der Waals surface area (Å²) in [5, 5.41) is 10.1. The Hall–Kier alpha value is -1.06. The number of para-hydroxylation sites is 1. The molecule has 0 aromatic heterocycles. The minimum absolute atomic E-state index is 0.243. The zero-order valence-corrected chi connectivity index (χ0v) is 10.4. The van der Waals surface area contributed by atoms with Crippen LogP contribution in [0.4, 0.5) is 0 Å². The summed E-state index contributed by atoms with van der Waals surface area (Å²) in [4.78, 5) is 2.24. The van der Waals surface area contributed by atoms with Crippen LogP contribution in [0, 0.1) is 0 Å². The van der Waals surface area contributed by atoms with E-state index in [9.17, 15) is 5.11 Å². The summed E-state index contributed by atoms with van der Waals surface area (Å²) in [7, 11) is 2.08. The van der Waals surface area contributed by atoms with Crippen LogP contribution in [0.25, 0.3) is 0 Å². The summed E-state index contributed by atoms with van der Waals surface area (Å²) >= 11 is 0. The predicted molar refractivity (Wildman–Crippen MR) is 68.2 cm³/mol. The van der Waals surface area contributed by atoms with Gasteiger partial charge in [0.2, 0.25) is 0 Å². The number of piperidine rings is 1. The number of aliphatic hydroxyl groups excluding tert-OH is 1. The standard InChI is InChI=1S/C14H21NO2/c1-15-10-6-5-9-13(15)14(16)11-17-12-7-3-2-4-8-12/h2-4,7-8,13-14,16H,5-6,9-11H2,1H3/t13-,14+/m1/s1. The van der Waals surface area contributed by atoms with E-state index in [1.165, 1.54) is 12.8 Å². The van der Waals surface area contributed by atoms with Gasteiger partial charge in [-0.3, -0.25) is 0 Å². The van der Waals surface area contributed by atoms with Crippen LogP contribution in [0.1, 0.15) is 19.3 Å². The van der Waals surface area contributed by atoms with Crippen molar-refractivity contribution in [3.63, 3.8) is 0 Å². The van der Waals surface area contributed by atoms with Crippen LogP contribution in [0.15, 0.2) is 30.3 Å². The first-order valence-electron chi connectivity index (χ1n) is 6.33. The number of benzene rings is 1. The quantitative estimate of drug-likeness (QED) is 0.865. The van der Waals surface area contributed by atoms with Crippen LogP contribution in [0.2, 0.25) is 0 Å². The molecule has 94 valence electrons. The highest BCUT2D eigenvalue weighted by Gasteiger charge is 2.26. The van der Waals surface area contributed by atoms with E-state index in [1.54, 1.807) is 0 Å². The van der Waals surface area contributed by atoms with Crippen molar-refractivity contribution in [2.75, 3.05) is 20.2 Å². The second-order valence-electron chi connectivity index (χ2n) is 4.74. The molecule has 1 heterocycles. The zero-order valence-electron chi connectivity index (χ0n) is 10.4. The number of ether oxygens (including phenoxy) is 1. The van der Waals surface area contributed by atoms with Gasteiger partial charge in [-0.25, -0.2) is 0 Å². The van der Waals surface area contributed by atoms with Crippen LogP contribution < -0.4 is 4.74 Å². The first-order valence-corrected chi connectivity index (χ1v) is 6.33. The van der Waals surface area contributed by atoms with Gasteiger partial charge in [0, 0.05) is 6.04 Å². The van der Waals surface area contributed by atoms with Crippen molar-refractivity contribution in [3.05, 3.63) is 30.3 Å². The molecule has 2 rings (SSSR count). The first-order chi connectivity index (χ1) is 8.27. The van der Waals surface area contributed by atoms with Crippen LogP contribution >= 0.6 is 0 Å². The Morgan fingerprint density at radius 3 is 2.82 bits per heavy atom. The van der Waals surface area contributed by atoms with Crippen LogP contribution in [-0.2, 0) is 0 Å². The molecule has 1 fully saturated rings. The number of likely N-dealkylation sites (tertiary alicyclic amines) is 1. The maximum Gasteiger partial charge on any atom is 0.119 e. The summed E-state index contributed by atoms with van der Waals surface area (Å²) in [6.45, 7) is 1.45. The second kappa shape index (κ2) is 6.03. The van der Waals surface area contributed by atoms with E-state index in [2.05, 4.69) is 11.9 Å². The third-order valence-electron chi connectivity index (χ3n) is 3.43. The van der Waals surface area contributed by atoms with E-state index in [0.717, 1.165) is 18.7 Å². The van der Waals surface area contributed by atoms with E-state index < -0.39 is 6.10 Å². The van der Waals surface area contributed by atoms with Gasteiger partial charge in [0.1, 0.15) is 18.5 Å². The Kier molecular flexibility index (Phi) is 4.40. The molecule has 17 heavy (non-hydrogen) atoms. The fourth-order valence-electron chi connectivity index (χ4n) is 2.40. The van der Waals surface area contributed by atoms with Crippen molar-refractivity contribution in [2.45, 2.75) is 31.4 Å². The minimum atomic E-state index is -0.402. The molecule has 0 unspecified atom stereocenters. The van der Waals surface area contributed by atoms with Crippen LogP contribution in [-0.4, -0.2) is 42.4 Å². The van der Waals surface area contributed by atoms with Crippen LogP contribution in [0.3, 0.4) is 0 Å². The molecule has 3 heteroatoms. The lowest BCUT2D eigenvalue weighted by molar-refractivity contribution is 0.0116. The molecule has 0 radical (unpaired) electrons. The molecule has 0 aliphatic carbocycles. The third kappa shape index (κ3) is 3.45. The smallest absolute Gasteiger partial charge is 0.119 e. The van der Waals surface area contributed by atoms with Gasteiger partial charge >= 0.3 is 0 Å². The molecule has 1 saturated heterocycles. The number of hydrogen-bond acceptors (Lipinski definition) is 3. The van der Waals surface area contributed by atoms with Crippen molar-refractivity contribution in [2.24, 2.45) is 0 Å². The summed E-state index contributed by atoms with van der Waals surface area (Å²) in [5.74, 6) is 0.824. The largest absolute Gasteiger partial charge is 0.491 e. The van der Waals surface area contributed by atoms with E-state index in [4.69, 9.17) is 4.74 Å². The number of rotatable bonds is 4. The van der Waals surface area contributed by atoms with E-state index in [0.29, 0.717) is 6.61 Å². The van der Waals surface area contributed by atoms with Gasteiger partial charge < -0.3 is 14.7 Å². The molecule has 3 nitrogen and oxygen atoms in total. The summed E-state index contributed by atoms with van der Waals surface area (Å²) < 4.78 is 5.59. The maximum absolute atomic E-state index is 10.1. The minimum Gasteiger partial charge on any atom is -0.491 e. The number of likely N-dealkylation sites (N-methyl/N-ethyl adjacent to an activating group) is 1. The van der Waals surface area contributed by atoms with Crippen molar-refractivity contribution >= 4 is 0 Å². The van der Waals surface area contributed by atoms with E-state index in [-0.39, 0.29) is 6.04 Å². The molecular formula is C14H21NO2. The lowest BCUT2D eigenvalue weighted by atomic mass is 9.98. The van der Waals surface area contributed by atoms with Crippen molar-refractivity contribution in [1.82, 2.24) is 4.90 Å². The molecular weight excluding hydrogens is 214 g/mol. The molecule has 1 aromatic rings. The van der Waals surface area contributed by atoms with Crippen molar-refractivity contribution in [1.29, 1.82) is 0 Å². The van der Waals surface area contributed by atoms with E-state index >= 15 is 0 Å². The van der Waals surface area contributed by atoms with Gasteiger partial charge in [0.05, 0.1) is 0 Å². The molecule has 1 aromatic carbocycles. The number of nitrogens with zero attached hydrogens (tertiary/aromatic N) is 1. The lowest BCUT2D eigenvalue weighted by Crippen LogP contribution is -2.46.